The smallest absolute Gasteiger partial charge is 0.251 e. The molecule has 0 aliphatic carbocycles. The molecule has 1 rings (SSSR count). The largest absolute Gasteiger partial charge is 0.359 e. The molecule has 0 saturated carbocycles. The Morgan fingerprint density at radius 1 is 1.28 bits per heavy atom. The number of nitrogens with zero attached hydrogens (tertiary/aromatic N) is 1. The molecule has 1 aromatic rings. The third-order valence-electron chi connectivity index (χ3n) is 2.34. The van der Waals surface area contributed by atoms with Gasteiger partial charge in [0.05, 0.1) is 0 Å². The molecule has 0 aromatic heterocycles. The SMILES string of the molecule is CN=C(NC)NCc1cccc(C(=O)NC)c1.I. The highest BCUT2D eigenvalue weighted by molar-refractivity contribution is 14.0. The second kappa shape index (κ2) is 8.73. The van der Waals surface area contributed by atoms with Crippen molar-refractivity contribution in [1.29, 1.82) is 0 Å². The number of carbonyl (C=O) groups excluding carboxylic acids is 1. The van der Waals surface area contributed by atoms with E-state index in [0.29, 0.717) is 12.1 Å². The number of guanidine groups is 1. The third-order valence-corrected chi connectivity index (χ3v) is 2.34. The van der Waals surface area contributed by atoms with E-state index in [4.69, 9.17) is 0 Å². The molecule has 0 fully saturated rings. The highest BCUT2D eigenvalue weighted by atomic mass is 127. The van der Waals surface area contributed by atoms with Gasteiger partial charge in [-0.15, -0.1) is 24.0 Å². The molecule has 100 valence electrons. The summed E-state index contributed by atoms with van der Waals surface area (Å²) in [6, 6.07) is 7.47. The Balaban J connectivity index is 0.00000289. The van der Waals surface area contributed by atoms with Crippen molar-refractivity contribution in [2.24, 2.45) is 4.99 Å². The van der Waals surface area contributed by atoms with Gasteiger partial charge in [-0.25, -0.2) is 0 Å². The summed E-state index contributed by atoms with van der Waals surface area (Å²) in [4.78, 5) is 15.5. The Labute approximate surface area is 124 Å². The van der Waals surface area contributed by atoms with Gasteiger partial charge in [0.25, 0.3) is 5.91 Å². The molecule has 0 spiro atoms. The van der Waals surface area contributed by atoms with E-state index in [1.165, 1.54) is 0 Å². The van der Waals surface area contributed by atoms with E-state index in [1.54, 1.807) is 27.2 Å². The molecule has 0 heterocycles. The van der Waals surface area contributed by atoms with Gasteiger partial charge in [0.1, 0.15) is 0 Å². The standard InChI is InChI=1S/C12H18N4O.HI/c1-13-11(17)10-6-4-5-9(7-10)8-16-12(14-2)15-3;/h4-7H,8H2,1-3H3,(H,13,17)(H2,14,15,16);1H. The van der Waals surface area contributed by atoms with Crippen molar-refractivity contribution in [3.8, 4) is 0 Å². The Morgan fingerprint density at radius 3 is 2.56 bits per heavy atom. The van der Waals surface area contributed by atoms with Crippen LogP contribution in [0.1, 0.15) is 15.9 Å². The van der Waals surface area contributed by atoms with Gasteiger partial charge < -0.3 is 16.0 Å². The number of hydrogen-bond acceptors (Lipinski definition) is 2. The molecule has 18 heavy (non-hydrogen) atoms. The summed E-state index contributed by atoms with van der Waals surface area (Å²) in [5, 5.41) is 8.66. The number of nitrogens with one attached hydrogen (secondary N) is 3. The summed E-state index contributed by atoms with van der Waals surface area (Å²) in [7, 11) is 5.13. The summed E-state index contributed by atoms with van der Waals surface area (Å²) >= 11 is 0. The van der Waals surface area contributed by atoms with Gasteiger partial charge >= 0.3 is 0 Å². The first-order chi connectivity index (χ1) is 8.21. The van der Waals surface area contributed by atoms with E-state index >= 15 is 0 Å². The number of amides is 1. The molecule has 1 aromatic carbocycles. The normalized spacial score (nSPS) is 10.3. The molecule has 6 heteroatoms. The van der Waals surface area contributed by atoms with Crippen molar-refractivity contribution in [2.75, 3.05) is 21.1 Å². The summed E-state index contributed by atoms with van der Waals surface area (Å²) in [6.45, 7) is 0.623. The van der Waals surface area contributed by atoms with Gasteiger partial charge in [0.2, 0.25) is 0 Å². The summed E-state index contributed by atoms with van der Waals surface area (Å²) in [6.07, 6.45) is 0. The van der Waals surface area contributed by atoms with Crippen LogP contribution in [0.4, 0.5) is 0 Å². The van der Waals surface area contributed by atoms with Crippen molar-refractivity contribution in [2.45, 2.75) is 6.54 Å². The maximum absolute atomic E-state index is 11.4. The number of hydrogen-bond donors (Lipinski definition) is 3. The molecular weight excluding hydrogens is 343 g/mol. The van der Waals surface area contributed by atoms with Crippen molar-refractivity contribution in [3.63, 3.8) is 0 Å². The predicted octanol–water partition coefficient (Wildman–Crippen LogP) is 0.959. The molecule has 0 bridgehead atoms. The molecule has 0 unspecified atom stereocenters. The average Bonchev–Trinajstić information content (AvgIpc) is 2.39. The van der Waals surface area contributed by atoms with Gasteiger partial charge in [-0.2, -0.15) is 0 Å². The molecule has 0 saturated heterocycles. The van der Waals surface area contributed by atoms with Crippen LogP contribution < -0.4 is 16.0 Å². The maximum atomic E-state index is 11.4. The minimum atomic E-state index is -0.0788. The zero-order valence-electron chi connectivity index (χ0n) is 10.8. The molecule has 3 N–H and O–H groups in total. The van der Waals surface area contributed by atoms with Crippen LogP contribution in [0.5, 0.6) is 0 Å². The van der Waals surface area contributed by atoms with Crippen LogP contribution in [-0.4, -0.2) is 33.0 Å². The molecular formula is C12H19IN4O. The van der Waals surface area contributed by atoms with Gasteiger partial charge in [0, 0.05) is 33.3 Å². The zero-order valence-corrected chi connectivity index (χ0v) is 13.1. The topological polar surface area (TPSA) is 65.5 Å². The number of benzene rings is 1. The summed E-state index contributed by atoms with van der Waals surface area (Å²) < 4.78 is 0. The minimum Gasteiger partial charge on any atom is -0.359 e. The molecule has 0 radical (unpaired) electrons. The van der Waals surface area contributed by atoms with Crippen molar-refractivity contribution < 1.29 is 4.79 Å². The van der Waals surface area contributed by atoms with Crippen LogP contribution in [0, 0.1) is 0 Å². The Morgan fingerprint density at radius 2 is 2.00 bits per heavy atom. The quantitative estimate of drug-likeness (QED) is 0.426. The Kier molecular flexibility index (Phi) is 8.10. The lowest BCUT2D eigenvalue weighted by Crippen LogP contribution is -2.34. The lowest BCUT2D eigenvalue weighted by molar-refractivity contribution is 0.0963. The first-order valence-corrected chi connectivity index (χ1v) is 5.40. The van der Waals surface area contributed by atoms with Crippen LogP contribution in [-0.2, 0) is 6.54 Å². The Hall–Kier alpha value is -1.31. The Bertz CT molecular complexity index is 420. The van der Waals surface area contributed by atoms with Crippen molar-refractivity contribution in [3.05, 3.63) is 35.4 Å². The monoisotopic (exact) mass is 362 g/mol. The molecule has 0 atom stereocenters. The van der Waals surface area contributed by atoms with Gasteiger partial charge in [0.15, 0.2) is 5.96 Å². The summed E-state index contributed by atoms with van der Waals surface area (Å²) in [5.74, 6) is 0.639. The first kappa shape index (κ1) is 16.7. The van der Waals surface area contributed by atoms with E-state index < -0.39 is 0 Å². The van der Waals surface area contributed by atoms with Crippen LogP contribution in [0.15, 0.2) is 29.3 Å². The third kappa shape index (κ3) is 4.91. The fourth-order valence-corrected chi connectivity index (χ4v) is 1.43. The van der Waals surface area contributed by atoms with E-state index in [1.807, 2.05) is 18.2 Å². The fourth-order valence-electron chi connectivity index (χ4n) is 1.43. The first-order valence-electron chi connectivity index (χ1n) is 5.40. The number of halogens is 1. The highest BCUT2D eigenvalue weighted by Crippen LogP contribution is 2.04. The van der Waals surface area contributed by atoms with Gasteiger partial charge in [-0.05, 0) is 17.7 Å². The molecule has 0 aliphatic rings. The maximum Gasteiger partial charge on any atom is 0.251 e. The second-order valence-electron chi connectivity index (χ2n) is 3.46. The lowest BCUT2D eigenvalue weighted by Gasteiger charge is -2.09. The van der Waals surface area contributed by atoms with Crippen molar-refractivity contribution >= 4 is 35.8 Å². The van der Waals surface area contributed by atoms with E-state index in [0.717, 1.165) is 11.5 Å². The predicted molar refractivity (Wildman–Crippen MR) is 84.5 cm³/mol. The molecule has 5 nitrogen and oxygen atoms in total. The van der Waals surface area contributed by atoms with E-state index in [-0.39, 0.29) is 29.9 Å². The lowest BCUT2D eigenvalue weighted by atomic mass is 10.1. The van der Waals surface area contributed by atoms with Crippen molar-refractivity contribution in [1.82, 2.24) is 16.0 Å². The highest BCUT2D eigenvalue weighted by Gasteiger charge is 2.03. The van der Waals surface area contributed by atoms with E-state index in [9.17, 15) is 4.79 Å². The zero-order chi connectivity index (χ0) is 12.7. The minimum absolute atomic E-state index is 0. The van der Waals surface area contributed by atoms with E-state index in [2.05, 4.69) is 20.9 Å². The number of carbonyl (C=O) groups is 1. The van der Waals surface area contributed by atoms with Crippen LogP contribution in [0.2, 0.25) is 0 Å². The van der Waals surface area contributed by atoms with Gasteiger partial charge in [-0.1, -0.05) is 12.1 Å². The molecule has 0 aliphatic heterocycles. The fraction of sp³-hybridized carbons (Fsp3) is 0.333. The van der Waals surface area contributed by atoms with Crippen LogP contribution in [0.3, 0.4) is 0 Å². The average molecular weight is 362 g/mol. The summed E-state index contributed by atoms with van der Waals surface area (Å²) in [5.41, 5.74) is 1.69. The number of rotatable bonds is 3. The van der Waals surface area contributed by atoms with Crippen LogP contribution >= 0.6 is 24.0 Å². The second-order valence-corrected chi connectivity index (χ2v) is 3.46. The number of aliphatic imine (C=N–C) groups is 1. The van der Waals surface area contributed by atoms with Gasteiger partial charge in [-0.3, -0.25) is 9.79 Å². The molecule has 1 amide bonds. The van der Waals surface area contributed by atoms with Crippen LogP contribution in [0.25, 0.3) is 0 Å².